The van der Waals surface area contributed by atoms with E-state index in [1.807, 2.05) is 24.4 Å². The topological polar surface area (TPSA) is 33.1 Å². The first-order valence-electron chi connectivity index (χ1n) is 10.9. The number of aryl methyl sites for hydroxylation is 2. The number of nitrogens with zero attached hydrogens (tertiary/aromatic N) is 3. The van der Waals surface area contributed by atoms with E-state index in [-0.39, 0.29) is 12.1 Å². The molecule has 32 heavy (non-hydrogen) atoms. The number of para-hydroxylation sites is 1. The monoisotopic (exact) mass is 438 g/mol. The Morgan fingerprint density at radius 2 is 1.56 bits per heavy atom. The predicted octanol–water partition coefficient (Wildman–Crippen LogP) is 5.97. The Morgan fingerprint density at radius 3 is 2.25 bits per heavy atom. The maximum absolute atomic E-state index is 5.85. The van der Waals surface area contributed by atoms with Crippen LogP contribution in [-0.2, 0) is 0 Å². The van der Waals surface area contributed by atoms with Crippen molar-refractivity contribution in [2.75, 3.05) is 4.90 Å². The molecule has 4 aromatic rings. The predicted molar refractivity (Wildman–Crippen MR) is 134 cm³/mol. The average molecular weight is 439 g/mol. The SMILES string of the molecule is Cc1ccc(-n2c(C)cc([C@H]3[C@@H](c4ccccn4)NC(=S)N3c3ccccc3)c2C)cc1. The van der Waals surface area contributed by atoms with Gasteiger partial charge in [-0.25, -0.2) is 0 Å². The van der Waals surface area contributed by atoms with Gasteiger partial charge in [0.15, 0.2) is 5.11 Å². The van der Waals surface area contributed by atoms with E-state index in [4.69, 9.17) is 12.2 Å². The highest BCUT2D eigenvalue weighted by Crippen LogP contribution is 2.43. The number of hydrogen-bond donors (Lipinski definition) is 1. The fourth-order valence-electron chi connectivity index (χ4n) is 4.72. The van der Waals surface area contributed by atoms with E-state index < -0.39 is 0 Å². The highest BCUT2D eigenvalue weighted by atomic mass is 32.1. The van der Waals surface area contributed by atoms with E-state index in [0.29, 0.717) is 0 Å². The molecular weight excluding hydrogens is 412 g/mol. The van der Waals surface area contributed by atoms with Gasteiger partial charge in [-0.1, -0.05) is 42.0 Å². The van der Waals surface area contributed by atoms with Gasteiger partial charge in [-0.05, 0) is 81.0 Å². The summed E-state index contributed by atoms with van der Waals surface area (Å²) in [5.74, 6) is 0. The molecule has 1 N–H and O–H groups in total. The zero-order valence-corrected chi connectivity index (χ0v) is 19.3. The van der Waals surface area contributed by atoms with Crippen LogP contribution in [0.4, 0.5) is 5.69 Å². The number of benzene rings is 2. The number of nitrogens with one attached hydrogen (secondary N) is 1. The fraction of sp³-hybridized carbons (Fsp3) is 0.185. The first kappa shape index (κ1) is 20.5. The number of pyridine rings is 1. The van der Waals surface area contributed by atoms with Crippen LogP contribution in [0.15, 0.2) is 85.1 Å². The van der Waals surface area contributed by atoms with E-state index in [1.54, 1.807) is 0 Å². The van der Waals surface area contributed by atoms with Crippen LogP contribution >= 0.6 is 12.2 Å². The highest BCUT2D eigenvalue weighted by Gasteiger charge is 2.42. The van der Waals surface area contributed by atoms with E-state index in [1.165, 1.54) is 28.2 Å². The lowest BCUT2D eigenvalue weighted by Crippen LogP contribution is -2.29. The number of thiocarbonyl (C=S) groups is 1. The van der Waals surface area contributed by atoms with Crippen molar-refractivity contribution >= 4 is 23.0 Å². The second kappa shape index (κ2) is 8.24. The summed E-state index contributed by atoms with van der Waals surface area (Å²) in [5, 5.41) is 4.28. The molecule has 0 bridgehead atoms. The van der Waals surface area contributed by atoms with Gasteiger partial charge < -0.3 is 14.8 Å². The van der Waals surface area contributed by atoms with Gasteiger partial charge in [0.05, 0.1) is 17.8 Å². The summed E-state index contributed by atoms with van der Waals surface area (Å²) >= 11 is 5.85. The number of hydrogen-bond acceptors (Lipinski definition) is 2. The van der Waals surface area contributed by atoms with Crippen molar-refractivity contribution in [3.05, 3.63) is 113 Å². The molecule has 5 rings (SSSR count). The van der Waals surface area contributed by atoms with Crippen LogP contribution in [0.5, 0.6) is 0 Å². The van der Waals surface area contributed by atoms with E-state index in [9.17, 15) is 0 Å². The molecule has 0 spiro atoms. The van der Waals surface area contributed by atoms with E-state index in [0.717, 1.165) is 16.5 Å². The molecule has 0 aliphatic carbocycles. The molecule has 2 aromatic carbocycles. The molecule has 0 saturated carbocycles. The number of anilines is 1. The van der Waals surface area contributed by atoms with E-state index in [2.05, 4.69) is 101 Å². The lowest BCUT2D eigenvalue weighted by Gasteiger charge is -2.28. The normalized spacial score (nSPS) is 18.1. The average Bonchev–Trinajstić information content (AvgIpc) is 3.31. The summed E-state index contributed by atoms with van der Waals surface area (Å²) in [6, 6.07) is 27.3. The zero-order chi connectivity index (χ0) is 22.2. The summed E-state index contributed by atoms with van der Waals surface area (Å²) in [5.41, 5.74) is 8.15. The quantitative estimate of drug-likeness (QED) is 0.398. The third kappa shape index (κ3) is 3.49. The molecule has 2 aromatic heterocycles. The summed E-state index contributed by atoms with van der Waals surface area (Å²) < 4.78 is 2.33. The second-order valence-electron chi connectivity index (χ2n) is 8.33. The molecule has 1 aliphatic rings. The second-order valence-corrected chi connectivity index (χ2v) is 8.72. The van der Waals surface area contributed by atoms with Gasteiger partial charge in [0, 0.05) is 29.0 Å². The minimum atomic E-state index is -0.0455. The molecule has 1 saturated heterocycles. The molecule has 160 valence electrons. The molecule has 0 unspecified atom stereocenters. The molecule has 2 atom stereocenters. The van der Waals surface area contributed by atoms with Gasteiger partial charge in [-0.2, -0.15) is 0 Å². The minimum Gasteiger partial charge on any atom is -0.351 e. The van der Waals surface area contributed by atoms with Crippen LogP contribution in [0.25, 0.3) is 5.69 Å². The van der Waals surface area contributed by atoms with Crippen LogP contribution in [0.1, 0.15) is 40.3 Å². The van der Waals surface area contributed by atoms with Crippen molar-refractivity contribution < 1.29 is 0 Å². The Bertz CT molecular complexity index is 1250. The van der Waals surface area contributed by atoms with Crippen LogP contribution in [0, 0.1) is 20.8 Å². The highest BCUT2D eigenvalue weighted by molar-refractivity contribution is 7.80. The molecule has 4 nitrogen and oxygen atoms in total. The van der Waals surface area contributed by atoms with Crippen molar-refractivity contribution in [3.8, 4) is 5.69 Å². The number of aromatic nitrogens is 2. The summed E-state index contributed by atoms with van der Waals surface area (Å²) in [6.07, 6.45) is 1.85. The Morgan fingerprint density at radius 1 is 0.844 bits per heavy atom. The minimum absolute atomic E-state index is 0.00908. The smallest absolute Gasteiger partial charge is 0.174 e. The summed E-state index contributed by atoms with van der Waals surface area (Å²) in [6.45, 7) is 6.48. The Labute approximate surface area is 194 Å². The molecule has 3 heterocycles. The van der Waals surface area contributed by atoms with Gasteiger partial charge in [0.25, 0.3) is 0 Å². The number of rotatable bonds is 4. The van der Waals surface area contributed by atoms with Crippen molar-refractivity contribution in [1.29, 1.82) is 0 Å². The van der Waals surface area contributed by atoms with Crippen molar-refractivity contribution in [2.45, 2.75) is 32.9 Å². The van der Waals surface area contributed by atoms with Crippen LogP contribution in [0.3, 0.4) is 0 Å². The van der Waals surface area contributed by atoms with Crippen molar-refractivity contribution in [1.82, 2.24) is 14.9 Å². The molecule has 1 aliphatic heterocycles. The Hall–Kier alpha value is -3.44. The molecule has 1 fully saturated rings. The maximum atomic E-state index is 5.85. The maximum Gasteiger partial charge on any atom is 0.174 e. The van der Waals surface area contributed by atoms with Crippen molar-refractivity contribution in [2.24, 2.45) is 0 Å². The van der Waals surface area contributed by atoms with Crippen LogP contribution < -0.4 is 10.2 Å². The van der Waals surface area contributed by atoms with Gasteiger partial charge in [0.2, 0.25) is 0 Å². The standard InChI is InChI=1S/C27H26N4S/c1-18-12-14-22(15-13-18)30-19(2)17-23(20(30)3)26-25(24-11-7-8-16-28-24)29-27(32)31(26)21-9-5-4-6-10-21/h4-17,25-26H,1-3H3,(H,29,32)/t25-,26+/m1/s1. The van der Waals surface area contributed by atoms with Crippen LogP contribution in [-0.4, -0.2) is 14.7 Å². The molecule has 5 heteroatoms. The zero-order valence-electron chi connectivity index (χ0n) is 18.5. The van der Waals surface area contributed by atoms with Gasteiger partial charge in [-0.3, -0.25) is 4.98 Å². The van der Waals surface area contributed by atoms with E-state index >= 15 is 0 Å². The fourth-order valence-corrected chi connectivity index (χ4v) is 5.06. The third-order valence-corrected chi connectivity index (χ3v) is 6.53. The molecular formula is C27H26N4S. The third-order valence-electron chi connectivity index (χ3n) is 6.21. The van der Waals surface area contributed by atoms with Crippen LogP contribution in [0.2, 0.25) is 0 Å². The molecule has 0 radical (unpaired) electrons. The largest absolute Gasteiger partial charge is 0.351 e. The van der Waals surface area contributed by atoms with Gasteiger partial charge >= 0.3 is 0 Å². The molecule has 0 amide bonds. The van der Waals surface area contributed by atoms with Crippen molar-refractivity contribution in [3.63, 3.8) is 0 Å². The summed E-state index contributed by atoms with van der Waals surface area (Å²) in [7, 11) is 0. The first-order valence-corrected chi connectivity index (χ1v) is 11.3. The van der Waals surface area contributed by atoms with Gasteiger partial charge in [-0.15, -0.1) is 0 Å². The van der Waals surface area contributed by atoms with Gasteiger partial charge in [0.1, 0.15) is 0 Å². The lowest BCUT2D eigenvalue weighted by atomic mass is 9.96. The first-order chi connectivity index (χ1) is 15.5. The summed E-state index contributed by atoms with van der Waals surface area (Å²) in [4.78, 5) is 6.90. The lowest BCUT2D eigenvalue weighted by molar-refractivity contribution is 0.565. The Kier molecular flexibility index (Phi) is 5.27. The Balaban J connectivity index is 1.67.